The van der Waals surface area contributed by atoms with E-state index >= 15 is 0 Å². The molecule has 0 fully saturated rings. The van der Waals surface area contributed by atoms with Crippen molar-refractivity contribution in [2.45, 2.75) is 13.1 Å². The molecule has 3 nitrogen and oxygen atoms in total. The molecule has 3 aromatic carbocycles. The van der Waals surface area contributed by atoms with Gasteiger partial charge in [0.05, 0.1) is 14.1 Å². The summed E-state index contributed by atoms with van der Waals surface area (Å²) in [6.07, 6.45) is 0. The summed E-state index contributed by atoms with van der Waals surface area (Å²) in [6.45, 7) is 1.50. The van der Waals surface area contributed by atoms with Crippen LogP contribution in [0, 0.1) is 0 Å². The highest BCUT2D eigenvalue weighted by molar-refractivity contribution is 5.98. The highest BCUT2D eigenvalue weighted by Crippen LogP contribution is 2.16. The highest BCUT2D eigenvalue weighted by Gasteiger charge is 2.09. The number of amides is 1. The molecule has 2 N–H and O–H groups in total. The summed E-state index contributed by atoms with van der Waals surface area (Å²) in [4.78, 5) is 13.8. The number of nitrogens with one attached hydrogen (secondary N) is 2. The molecule has 0 aliphatic rings. The molecule has 1 amide bonds. The summed E-state index contributed by atoms with van der Waals surface area (Å²) in [5.74, 6) is -0.0345. The summed E-state index contributed by atoms with van der Waals surface area (Å²) >= 11 is 0. The highest BCUT2D eigenvalue weighted by atomic mass is 16.1. The van der Waals surface area contributed by atoms with Crippen LogP contribution in [0.3, 0.4) is 0 Å². The molecule has 24 heavy (non-hydrogen) atoms. The van der Waals surface area contributed by atoms with Crippen LogP contribution in [0.1, 0.15) is 21.5 Å². The fourth-order valence-corrected chi connectivity index (χ4v) is 2.89. The molecule has 0 aliphatic heterocycles. The predicted octanol–water partition coefficient (Wildman–Crippen LogP) is 2.41. The summed E-state index contributed by atoms with van der Waals surface area (Å²) in [7, 11) is 4.26. The fraction of sp³-hybridized carbons (Fsp3) is 0.190. The van der Waals surface area contributed by atoms with Crippen molar-refractivity contribution >= 4 is 16.7 Å². The van der Waals surface area contributed by atoms with Gasteiger partial charge in [-0.15, -0.1) is 0 Å². The third-order valence-corrected chi connectivity index (χ3v) is 4.11. The van der Waals surface area contributed by atoms with E-state index in [-0.39, 0.29) is 5.91 Å². The van der Waals surface area contributed by atoms with Gasteiger partial charge in [0, 0.05) is 17.7 Å². The van der Waals surface area contributed by atoms with Gasteiger partial charge in [-0.1, -0.05) is 54.6 Å². The summed E-state index contributed by atoms with van der Waals surface area (Å²) in [6, 6.07) is 22.2. The molecule has 3 aromatic rings. The smallest absolute Gasteiger partial charge is 0.251 e. The number of hydrogen-bond acceptors (Lipinski definition) is 1. The second-order valence-electron chi connectivity index (χ2n) is 6.40. The lowest BCUT2D eigenvalue weighted by molar-refractivity contribution is -0.872. The van der Waals surface area contributed by atoms with E-state index in [1.807, 2.05) is 48.5 Å². The predicted molar refractivity (Wildman–Crippen MR) is 98.1 cm³/mol. The Morgan fingerprint density at radius 1 is 0.875 bits per heavy atom. The van der Waals surface area contributed by atoms with E-state index in [0.29, 0.717) is 12.1 Å². The van der Waals surface area contributed by atoms with Crippen molar-refractivity contribution < 1.29 is 9.69 Å². The lowest BCUT2D eigenvalue weighted by atomic mass is 10.1. The molecule has 0 heterocycles. The topological polar surface area (TPSA) is 33.5 Å². The molecule has 3 heteroatoms. The Morgan fingerprint density at radius 2 is 1.54 bits per heavy atom. The molecule has 0 saturated heterocycles. The van der Waals surface area contributed by atoms with E-state index in [9.17, 15) is 4.79 Å². The minimum absolute atomic E-state index is 0.0345. The molecule has 0 aliphatic carbocycles. The minimum Gasteiger partial charge on any atom is -0.348 e. The summed E-state index contributed by atoms with van der Waals surface area (Å²) < 4.78 is 0. The van der Waals surface area contributed by atoms with Gasteiger partial charge in [-0.3, -0.25) is 4.79 Å². The van der Waals surface area contributed by atoms with E-state index < -0.39 is 0 Å². The zero-order chi connectivity index (χ0) is 16.9. The van der Waals surface area contributed by atoms with Gasteiger partial charge in [0.1, 0.15) is 6.54 Å². The van der Waals surface area contributed by atoms with E-state index in [1.165, 1.54) is 16.0 Å². The van der Waals surface area contributed by atoms with E-state index in [4.69, 9.17) is 0 Å². The van der Waals surface area contributed by atoms with Crippen LogP contribution in [0.25, 0.3) is 10.8 Å². The van der Waals surface area contributed by atoms with Crippen molar-refractivity contribution in [3.8, 4) is 0 Å². The first-order valence-corrected chi connectivity index (χ1v) is 8.26. The van der Waals surface area contributed by atoms with Crippen LogP contribution in [0.5, 0.6) is 0 Å². The van der Waals surface area contributed by atoms with Crippen LogP contribution in [0.4, 0.5) is 0 Å². The first-order chi connectivity index (χ1) is 11.6. The molecule has 0 radical (unpaired) electrons. The van der Waals surface area contributed by atoms with Gasteiger partial charge in [0.2, 0.25) is 0 Å². The van der Waals surface area contributed by atoms with E-state index in [0.717, 1.165) is 17.3 Å². The van der Waals surface area contributed by atoms with Crippen LogP contribution < -0.4 is 10.2 Å². The Balaban J connectivity index is 1.73. The van der Waals surface area contributed by atoms with Gasteiger partial charge in [-0.05, 0) is 28.5 Å². The average molecular weight is 319 g/mol. The molecule has 0 saturated carbocycles. The van der Waals surface area contributed by atoms with Crippen molar-refractivity contribution in [2.75, 3.05) is 14.1 Å². The number of quaternary nitrogens is 1. The Bertz CT molecular complexity index is 855. The molecular weight excluding hydrogens is 296 g/mol. The number of hydrogen-bond donors (Lipinski definition) is 2. The zero-order valence-corrected chi connectivity index (χ0v) is 14.2. The van der Waals surface area contributed by atoms with Gasteiger partial charge in [0.15, 0.2) is 0 Å². The molecule has 0 unspecified atom stereocenters. The molecular formula is C21H23N2O+. The normalized spacial score (nSPS) is 11.0. The first-order valence-electron chi connectivity index (χ1n) is 8.26. The third-order valence-electron chi connectivity index (χ3n) is 4.11. The van der Waals surface area contributed by atoms with Crippen LogP contribution >= 0.6 is 0 Å². The zero-order valence-electron chi connectivity index (χ0n) is 14.2. The lowest BCUT2D eigenvalue weighted by Crippen LogP contribution is -3.04. The van der Waals surface area contributed by atoms with Gasteiger partial charge in [-0.25, -0.2) is 0 Å². The minimum atomic E-state index is -0.0345. The first kappa shape index (κ1) is 16.2. The lowest BCUT2D eigenvalue weighted by Gasteiger charge is -2.13. The number of benzene rings is 3. The maximum absolute atomic E-state index is 12.5. The molecule has 0 spiro atoms. The van der Waals surface area contributed by atoms with Crippen LogP contribution in [-0.4, -0.2) is 20.0 Å². The quantitative estimate of drug-likeness (QED) is 0.744. The van der Waals surface area contributed by atoms with E-state index in [2.05, 4.69) is 37.6 Å². The van der Waals surface area contributed by atoms with Crippen molar-refractivity contribution in [3.05, 3.63) is 83.4 Å². The van der Waals surface area contributed by atoms with Crippen molar-refractivity contribution in [2.24, 2.45) is 0 Å². The molecule has 122 valence electrons. The number of fused-ring (bicyclic) bond motifs is 1. The summed E-state index contributed by atoms with van der Waals surface area (Å²) in [5.41, 5.74) is 3.15. The second-order valence-corrected chi connectivity index (χ2v) is 6.40. The number of rotatable bonds is 5. The summed E-state index contributed by atoms with van der Waals surface area (Å²) in [5, 5.41) is 5.28. The molecule has 0 bridgehead atoms. The molecule has 0 atom stereocenters. The Kier molecular flexibility index (Phi) is 4.92. The number of carbonyl (C=O) groups is 1. The van der Waals surface area contributed by atoms with Gasteiger partial charge >= 0.3 is 0 Å². The Labute approximate surface area is 142 Å². The fourth-order valence-electron chi connectivity index (χ4n) is 2.89. The van der Waals surface area contributed by atoms with Crippen molar-refractivity contribution in [1.29, 1.82) is 0 Å². The average Bonchev–Trinajstić information content (AvgIpc) is 2.60. The van der Waals surface area contributed by atoms with Gasteiger partial charge in [0.25, 0.3) is 5.91 Å². The molecule has 3 rings (SSSR count). The SMILES string of the molecule is C[NH+](C)Cc1ccccc1CNC(=O)c1ccc2ccccc2c1. The maximum Gasteiger partial charge on any atom is 0.251 e. The van der Waals surface area contributed by atoms with Crippen LogP contribution in [0.15, 0.2) is 66.7 Å². The Morgan fingerprint density at radius 3 is 2.29 bits per heavy atom. The van der Waals surface area contributed by atoms with Crippen molar-refractivity contribution in [3.63, 3.8) is 0 Å². The maximum atomic E-state index is 12.5. The van der Waals surface area contributed by atoms with Crippen LogP contribution in [0.2, 0.25) is 0 Å². The Hall–Kier alpha value is -2.65. The van der Waals surface area contributed by atoms with E-state index in [1.54, 1.807) is 0 Å². The standard InChI is InChI=1S/C21H22N2O/c1-23(2)15-20-10-6-5-9-19(20)14-22-21(24)18-12-11-16-7-3-4-8-17(16)13-18/h3-13H,14-15H2,1-2H3,(H,22,24)/p+1. The molecule has 0 aromatic heterocycles. The monoisotopic (exact) mass is 319 g/mol. The van der Waals surface area contributed by atoms with Crippen LogP contribution in [-0.2, 0) is 13.1 Å². The van der Waals surface area contributed by atoms with Crippen molar-refractivity contribution in [1.82, 2.24) is 5.32 Å². The van der Waals surface area contributed by atoms with Gasteiger partial charge < -0.3 is 10.2 Å². The second kappa shape index (κ2) is 7.28. The van der Waals surface area contributed by atoms with Gasteiger partial charge in [-0.2, -0.15) is 0 Å². The number of carbonyl (C=O) groups excluding carboxylic acids is 1. The third kappa shape index (κ3) is 3.81. The largest absolute Gasteiger partial charge is 0.348 e.